The van der Waals surface area contributed by atoms with E-state index in [2.05, 4.69) is 21.2 Å². The van der Waals surface area contributed by atoms with Crippen LogP contribution in [0.2, 0.25) is 10.0 Å². The van der Waals surface area contributed by atoms with Crippen LogP contribution in [-0.4, -0.2) is 36.6 Å². The van der Waals surface area contributed by atoms with Crippen LogP contribution in [0, 0.1) is 10.1 Å². The van der Waals surface area contributed by atoms with Gasteiger partial charge in [0.15, 0.2) is 0 Å². The summed E-state index contributed by atoms with van der Waals surface area (Å²) in [6.45, 7) is 0.786. The number of anilines is 1. The second kappa shape index (κ2) is 11.1. The lowest BCUT2D eigenvalue weighted by Crippen LogP contribution is -2.27. The fourth-order valence-electron chi connectivity index (χ4n) is 3.65. The molecule has 1 aliphatic heterocycles. The smallest absolute Gasteiger partial charge is 0.284 e. The first-order valence-electron chi connectivity index (χ1n) is 10.6. The molecule has 1 amide bonds. The second-order valence-corrected chi connectivity index (χ2v) is 12.4. The third-order valence-corrected chi connectivity index (χ3v) is 10.4. The first kappa shape index (κ1) is 26.9. The summed E-state index contributed by atoms with van der Waals surface area (Å²) in [5.41, 5.74) is 0.281. The minimum Gasteiger partial charge on any atom is -0.322 e. The van der Waals surface area contributed by atoms with Crippen LogP contribution in [0.15, 0.2) is 73.8 Å². The number of nitro benzene ring substituents is 1. The average molecular weight is 631 g/mol. The molecule has 36 heavy (non-hydrogen) atoms. The molecule has 0 unspecified atom stereocenters. The summed E-state index contributed by atoms with van der Waals surface area (Å²) in [5.74, 6) is -0.469. The number of hydrogen-bond acceptors (Lipinski definition) is 6. The molecule has 0 radical (unpaired) electrons. The number of carbonyl (C=O) groups is 1. The molecule has 188 valence electrons. The molecular weight excluding hydrogens is 613 g/mol. The van der Waals surface area contributed by atoms with Crippen molar-refractivity contribution in [1.29, 1.82) is 0 Å². The number of sulfonamides is 1. The highest BCUT2D eigenvalue weighted by molar-refractivity contribution is 9.10. The molecule has 3 aromatic rings. The van der Waals surface area contributed by atoms with Crippen molar-refractivity contribution in [2.24, 2.45) is 0 Å². The highest BCUT2D eigenvalue weighted by Gasteiger charge is 2.30. The van der Waals surface area contributed by atoms with Gasteiger partial charge in [-0.15, -0.1) is 0 Å². The molecule has 8 nitrogen and oxygen atoms in total. The number of nitrogens with zero attached hydrogens (tertiary/aromatic N) is 2. The van der Waals surface area contributed by atoms with E-state index in [0.29, 0.717) is 38.2 Å². The Morgan fingerprint density at radius 1 is 1.03 bits per heavy atom. The van der Waals surface area contributed by atoms with Gasteiger partial charge in [0.25, 0.3) is 11.6 Å². The Morgan fingerprint density at radius 3 is 2.31 bits per heavy atom. The summed E-state index contributed by atoms with van der Waals surface area (Å²) >= 11 is 16.5. The summed E-state index contributed by atoms with van der Waals surface area (Å²) in [6.07, 6.45) is 1.51. The molecule has 0 atom stereocenters. The summed E-state index contributed by atoms with van der Waals surface area (Å²) in [6, 6.07) is 13.5. The van der Waals surface area contributed by atoms with E-state index in [1.54, 1.807) is 24.3 Å². The van der Waals surface area contributed by atoms with E-state index in [0.717, 1.165) is 30.7 Å². The lowest BCUT2D eigenvalue weighted by atomic mass is 10.2. The number of halogens is 3. The minimum atomic E-state index is -3.82. The highest BCUT2D eigenvalue weighted by atomic mass is 79.9. The first-order valence-corrected chi connectivity index (χ1v) is 14.4. The van der Waals surface area contributed by atoms with E-state index in [9.17, 15) is 23.3 Å². The zero-order chi connectivity index (χ0) is 26.0. The second-order valence-electron chi connectivity index (χ2n) is 7.80. The Kier molecular flexibility index (Phi) is 8.28. The normalized spacial score (nSPS) is 14.1. The van der Waals surface area contributed by atoms with Gasteiger partial charge in [-0.05, 0) is 65.2 Å². The number of carbonyl (C=O) groups excluding carboxylic acids is 1. The fourth-order valence-corrected chi connectivity index (χ4v) is 6.93. The van der Waals surface area contributed by atoms with Gasteiger partial charge in [0, 0.05) is 29.7 Å². The summed E-state index contributed by atoms with van der Waals surface area (Å²) in [4.78, 5) is 24.8. The largest absolute Gasteiger partial charge is 0.322 e. The zero-order valence-corrected chi connectivity index (χ0v) is 23.1. The number of nitrogens with one attached hydrogen (secondary N) is 1. The van der Waals surface area contributed by atoms with Crippen LogP contribution in [0.25, 0.3) is 0 Å². The number of rotatable bonds is 7. The van der Waals surface area contributed by atoms with Crippen LogP contribution >= 0.6 is 50.9 Å². The molecular formula is C23H18BrCl2N3O5S2. The molecule has 4 rings (SSSR count). The highest BCUT2D eigenvalue weighted by Crippen LogP contribution is 2.39. The summed E-state index contributed by atoms with van der Waals surface area (Å²) in [5, 5.41) is 15.2. The SMILES string of the molecule is O=C(Nc1cc(Cl)c(Br)c(Cl)c1)c1ccccc1Sc1ccc(S(=O)(=O)N2CCCC2)cc1[N+](=O)[O-]. The van der Waals surface area contributed by atoms with Crippen LogP contribution in [-0.2, 0) is 10.0 Å². The third kappa shape index (κ3) is 5.71. The van der Waals surface area contributed by atoms with Gasteiger partial charge in [-0.25, -0.2) is 8.42 Å². The van der Waals surface area contributed by atoms with E-state index in [4.69, 9.17) is 23.2 Å². The Morgan fingerprint density at radius 2 is 1.67 bits per heavy atom. The van der Waals surface area contributed by atoms with Crippen LogP contribution in [0.4, 0.5) is 11.4 Å². The molecule has 1 heterocycles. The third-order valence-electron chi connectivity index (χ3n) is 5.42. The van der Waals surface area contributed by atoms with Crippen LogP contribution < -0.4 is 5.32 Å². The first-order chi connectivity index (χ1) is 17.1. The van der Waals surface area contributed by atoms with Crippen LogP contribution in [0.5, 0.6) is 0 Å². The van der Waals surface area contributed by atoms with Crippen LogP contribution in [0.3, 0.4) is 0 Å². The Bertz CT molecular complexity index is 1440. The van der Waals surface area contributed by atoms with Crippen molar-refractivity contribution >= 4 is 78.2 Å². The van der Waals surface area contributed by atoms with Gasteiger partial charge in [0.1, 0.15) is 0 Å². The molecule has 13 heteroatoms. The molecule has 1 saturated heterocycles. The number of benzene rings is 3. The Balaban J connectivity index is 1.64. The molecule has 0 aromatic heterocycles. The maximum absolute atomic E-state index is 13.0. The van der Waals surface area contributed by atoms with Crippen molar-refractivity contribution in [3.63, 3.8) is 0 Å². The molecule has 1 fully saturated rings. The van der Waals surface area contributed by atoms with Crippen molar-refractivity contribution in [3.05, 3.63) is 84.8 Å². The van der Waals surface area contributed by atoms with Gasteiger partial charge in [-0.1, -0.05) is 47.1 Å². The molecule has 1 aliphatic rings. The molecule has 3 aromatic carbocycles. The minimum absolute atomic E-state index is 0.129. The Hall–Kier alpha value is -2.15. The molecule has 0 bridgehead atoms. The lowest BCUT2D eigenvalue weighted by Gasteiger charge is -2.16. The van der Waals surface area contributed by atoms with Crippen molar-refractivity contribution in [2.75, 3.05) is 18.4 Å². The summed E-state index contributed by atoms with van der Waals surface area (Å²) < 4.78 is 27.6. The average Bonchev–Trinajstić information content (AvgIpc) is 3.39. The van der Waals surface area contributed by atoms with Crippen molar-refractivity contribution in [3.8, 4) is 0 Å². The van der Waals surface area contributed by atoms with E-state index in [1.807, 2.05) is 0 Å². The van der Waals surface area contributed by atoms with Crippen molar-refractivity contribution in [1.82, 2.24) is 4.31 Å². The maximum atomic E-state index is 13.0. The van der Waals surface area contributed by atoms with Gasteiger partial charge in [0.05, 0.1) is 34.8 Å². The van der Waals surface area contributed by atoms with Crippen molar-refractivity contribution in [2.45, 2.75) is 27.5 Å². The topological polar surface area (TPSA) is 110 Å². The van der Waals surface area contributed by atoms with Gasteiger partial charge in [0.2, 0.25) is 10.0 Å². The maximum Gasteiger partial charge on any atom is 0.284 e. The number of amides is 1. The quantitative estimate of drug-likeness (QED) is 0.174. The molecule has 0 spiro atoms. The van der Waals surface area contributed by atoms with Gasteiger partial charge >= 0.3 is 0 Å². The predicted molar refractivity (Wildman–Crippen MR) is 144 cm³/mol. The van der Waals surface area contributed by atoms with Crippen molar-refractivity contribution < 1.29 is 18.1 Å². The number of hydrogen-bond donors (Lipinski definition) is 1. The summed E-state index contributed by atoms with van der Waals surface area (Å²) in [7, 11) is -3.82. The Labute approximate surface area is 230 Å². The predicted octanol–water partition coefficient (Wildman–Crippen LogP) is 6.85. The van der Waals surface area contributed by atoms with E-state index >= 15 is 0 Å². The van der Waals surface area contributed by atoms with Gasteiger partial charge in [-0.3, -0.25) is 14.9 Å². The number of nitro groups is 1. The monoisotopic (exact) mass is 629 g/mol. The fraction of sp³-hybridized carbons (Fsp3) is 0.174. The van der Waals surface area contributed by atoms with Crippen LogP contribution in [0.1, 0.15) is 23.2 Å². The van der Waals surface area contributed by atoms with Gasteiger partial charge in [-0.2, -0.15) is 4.31 Å². The molecule has 0 aliphatic carbocycles. The van der Waals surface area contributed by atoms with E-state index in [1.165, 1.54) is 28.6 Å². The standard InChI is InChI=1S/C23H18BrCl2N3O5S2/c24-22-17(25)11-14(12-18(22)26)27-23(30)16-5-1-2-6-20(16)35-21-8-7-15(13-19(21)29(31)32)36(33,34)28-9-3-4-10-28/h1-2,5-8,11-13H,3-4,9-10H2,(H,27,30). The van der Waals surface area contributed by atoms with Gasteiger partial charge < -0.3 is 5.32 Å². The molecule has 0 saturated carbocycles. The van der Waals surface area contributed by atoms with E-state index < -0.39 is 20.9 Å². The molecule has 1 N–H and O–H groups in total. The zero-order valence-electron chi connectivity index (χ0n) is 18.4. The van der Waals surface area contributed by atoms with E-state index in [-0.39, 0.29) is 21.0 Å². The lowest BCUT2D eigenvalue weighted by molar-refractivity contribution is -0.388.